The van der Waals surface area contributed by atoms with Gasteiger partial charge in [-0.1, -0.05) is 0 Å². The second kappa shape index (κ2) is 5.87. The van der Waals surface area contributed by atoms with Crippen molar-refractivity contribution in [2.75, 3.05) is 17.7 Å². The highest BCUT2D eigenvalue weighted by molar-refractivity contribution is 7.84. The zero-order valence-electron chi connectivity index (χ0n) is 10.4. The number of nitrogens with zero attached hydrogens (tertiary/aromatic N) is 4. The Labute approximate surface area is 112 Å². The molecule has 1 heterocycles. The first-order valence-electron chi connectivity index (χ1n) is 5.69. The number of benzene rings is 1. The molecule has 0 amide bonds. The van der Waals surface area contributed by atoms with E-state index in [0.717, 1.165) is 0 Å². The van der Waals surface area contributed by atoms with Crippen LogP contribution in [0.3, 0.4) is 0 Å². The number of nitrogen functional groups attached to an aromatic ring is 1. The molecule has 102 valence electrons. The molecule has 0 radical (unpaired) electrons. The molecular weight excluding hydrogens is 269 g/mol. The van der Waals surface area contributed by atoms with Gasteiger partial charge in [-0.15, -0.1) is 5.10 Å². The Bertz CT molecular complexity index is 601. The number of anilines is 1. The van der Waals surface area contributed by atoms with Crippen molar-refractivity contribution in [3.63, 3.8) is 0 Å². The first-order chi connectivity index (χ1) is 9.08. The molecule has 2 aromatic rings. The number of rotatable bonds is 5. The zero-order valence-corrected chi connectivity index (χ0v) is 11.2. The van der Waals surface area contributed by atoms with Crippen LogP contribution >= 0.6 is 0 Å². The van der Waals surface area contributed by atoms with Crippen molar-refractivity contribution >= 4 is 16.5 Å². The molecule has 2 rings (SSSR count). The van der Waals surface area contributed by atoms with Crippen molar-refractivity contribution in [1.29, 1.82) is 0 Å². The van der Waals surface area contributed by atoms with Gasteiger partial charge in [-0.3, -0.25) is 4.21 Å². The van der Waals surface area contributed by atoms with E-state index in [1.54, 1.807) is 17.0 Å². The number of aromatic nitrogens is 4. The first-order valence-corrected chi connectivity index (χ1v) is 7.42. The predicted octanol–water partition coefficient (Wildman–Crippen LogP) is 0.830. The van der Waals surface area contributed by atoms with Gasteiger partial charge in [-0.05, 0) is 35.0 Å². The quantitative estimate of drug-likeness (QED) is 0.821. The minimum Gasteiger partial charge on any atom is -0.396 e. The van der Waals surface area contributed by atoms with Crippen LogP contribution in [0, 0.1) is 5.82 Å². The van der Waals surface area contributed by atoms with Gasteiger partial charge >= 0.3 is 0 Å². The molecule has 1 aromatic carbocycles. The highest BCUT2D eigenvalue weighted by Crippen LogP contribution is 2.20. The summed E-state index contributed by atoms with van der Waals surface area (Å²) in [6, 6.07) is 4.35. The van der Waals surface area contributed by atoms with Gasteiger partial charge in [-0.25, -0.2) is 9.07 Å². The maximum Gasteiger partial charge on any atom is 0.182 e. The number of nitrogens with two attached hydrogens (primary N) is 1. The molecule has 0 saturated carbocycles. The standard InChI is InChI=1S/C11H14FN5OS/c1-19(18)6-2-5-17-11(14-15-16-17)8-3-4-9(12)10(13)7-8/h3-4,7H,2,5-6,13H2,1H3. The minimum atomic E-state index is -0.836. The molecule has 19 heavy (non-hydrogen) atoms. The van der Waals surface area contributed by atoms with Crippen LogP contribution in [0.2, 0.25) is 0 Å². The number of tetrazole rings is 1. The smallest absolute Gasteiger partial charge is 0.182 e. The zero-order chi connectivity index (χ0) is 13.8. The third kappa shape index (κ3) is 3.34. The molecule has 0 spiro atoms. The van der Waals surface area contributed by atoms with Crippen LogP contribution in [-0.4, -0.2) is 36.4 Å². The molecule has 6 nitrogen and oxygen atoms in total. The van der Waals surface area contributed by atoms with Gasteiger partial charge in [0, 0.05) is 34.9 Å². The van der Waals surface area contributed by atoms with Crippen LogP contribution in [0.1, 0.15) is 6.42 Å². The molecule has 0 aliphatic rings. The number of hydrogen-bond acceptors (Lipinski definition) is 5. The van der Waals surface area contributed by atoms with E-state index in [9.17, 15) is 8.60 Å². The summed E-state index contributed by atoms with van der Waals surface area (Å²) in [7, 11) is -0.836. The van der Waals surface area contributed by atoms with Crippen LogP contribution in [0.4, 0.5) is 10.1 Å². The van der Waals surface area contributed by atoms with E-state index < -0.39 is 16.6 Å². The molecule has 8 heteroatoms. The van der Waals surface area contributed by atoms with Crippen LogP contribution < -0.4 is 5.73 Å². The van der Waals surface area contributed by atoms with Gasteiger partial charge in [0.15, 0.2) is 5.82 Å². The molecule has 0 saturated heterocycles. The van der Waals surface area contributed by atoms with Gasteiger partial charge < -0.3 is 5.73 Å². The maximum atomic E-state index is 13.1. The van der Waals surface area contributed by atoms with Gasteiger partial charge in [0.1, 0.15) is 5.82 Å². The van der Waals surface area contributed by atoms with Gasteiger partial charge in [0.2, 0.25) is 0 Å². The van der Waals surface area contributed by atoms with Crippen molar-refractivity contribution in [3.05, 3.63) is 24.0 Å². The molecule has 0 aliphatic carbocycles. The molecule has 2 N–H and O–H groups in total. The Kier molecular flexibility index (Phi) is 4.20. The van der Waals surface area contributed by atoms with Crippen LogP contribution in [0.15, 0.2) is 18.2 Å². The third-order valence-electron chi connectivity index (χ3n) is 2.59. The summed E-state index contributed by atoms with van der Waals surface area (Å²) in [4.78, 5) is 0. The summed E-state index contributed by atoms with van der Waals surface area (Å²) in [5, 5.41) is 11.4. The van der Waals surface area contributed by atoms with E-state index in [-0.39, 0.29) is 5.69 Å². The van der Waals surface area contributed by atoms with Crippen LogP contribution in [-0.2, 0) is 17.3 Å². The second-order valence-electron chi connectivity index (χ2n) is 4.09. The van der Waals surface area contributed by atoms with Crippen molar-refractivity contribution < 1.29 is 8.60 Å². The third-order valence-corrected chi connectivity index (χ3v) is 3.45. The molecule has 1 aromatic heterocycles. The molecule has 1 unspecified atom stereocenters. The Morgan fingerprint density at radius 3 is 2.95 bits per heavy atom. The SMILES string of the molecule is CS(=O)CCCn1nnnc1-c1ccc(F)c(N)c1. The highest BCUT2D eigenvalue weighted by atomic mass is 32.2. The van der Waals surface area contributed by atoms with Crippen LogP contribution in [0.5, 0.6) is 0 Å². The fourth-order valence-corrected chi connectivity index (χ4v) is 2.20. The maximum absolute atomic E-state index is 13.1. The minimum absolute atomic E-state index is 0.0571. The number of halogens is 1. The van der Waals surface area contributed by atoms with Crippen molar-refractivity contribution in [1.82, 2.24) is 20.2 Å². The lowest BCUT2D eigenvalue weighted by atomic mass is 10.2. The largest absolute Gasteiger partial charge is 0.396 e. The first kappa shape index (κ1) is 13.6. The van der Waals surface area contributed by atoms with Gasteiger partial charge in [0.25, 0.3) is 0 Å². The summed E-state index contributed by atoms with van der Waals surface area (Å²) >= 11 is 0. The Morgan fingerprint density at radius 2 is 2.26 bits per heavy atom. The van der Waals surface area contributed by atoms with Crippen LogP contribution in [0.25, 0.3) is 11.4 Å². The van der Waals surface area contributed by atoms with Crippen molar-refractivity contribution in [2.45, 2.75) is 13.0 Å². The van der Waals surface area contributed by atoms with E-state index in [0.29, 0.717) is 30.1 Å². The fourth-order valence-electron chi connectivity index (χ4n) is 1.66. The average Bonchev–Trinajstić information content (AvgIpc) is 2.80. The average molecular weight is 283 g/mol. The van der Waals surface area contributed by atoms with E-state index in [1.165, 1.54) is 12.1 Å². The van der Waals surface area contributed by atoms with E-state index in [4.69, 9.17) is 5.73 Å². The summed E-state index contributed by atoms with van der Waals surface area (Å²) < 4.78 is 25.7. The lowest BCUT2D eigenvalue weighted by molar-refractivity contribution is 0.583. The fraction of sp³-hybridized carbons (Fsp3) is 0.364. The van der Waals surface area contributed by atoms with E-state index in [2.05, 4.69) is 15.5 Å². The van der Waals surface area contributed by atoms with Crippen molar-refractivity contribution in [3.8, 4) is 11.4 Å². The summed E-state index contributed by atoms with van der Waals surface area (Å²) in [6.45, 7) is 0.555. The summed E-state index contributed by atoms with van der Waals surface area (Å²) in [5.41, 5.74) is 6.23. The van der Waals surface area contributed by atoms with E-state index in [1.807, 2.05) is 0 Å². The molecule has 1 atom stereocenters. The molecule has 0 fully saturated rings. The molecule has 0 bridgehead atoms. The molecule has 0 aliphatic heterocycles. The summed E-state index contributed by atoms with van der Waals surface area (Å²) in [6.07, 6.45) is 2.36. The lowest BCUT2D eigenvalue weighted by Crippen LogP contribution is -2.07. The topological polar surface area (TPSA) is 86.7 Å². The number of hydrogen-bond donors (Lipinski definition) is 1. The highest BCUT2D eigenvalue weighted by Gasteiger charge is 2.10. The normalized spacial score (nSPS) is 12.5. The Morgan fingerprint density at radius 1 is 1.47 bits per heavy atom. The lowest BCUT2D eigenvalue weighted by Gasteiger charge is -2.05. The number of aryl methyl sites for hydroxylation is 1. The van der Waals surface area contributed by atoms with E-state index >= 15 is 0 Å². The van der Waals surface area contributed by atoms with Gasteiger partial charge in [-0.2, -0.15) is 0 Å². The van der Waals surface area contributed by atoms with Gasteiger partial charge in [0.05, 0.1) is 5.69 Å². The van der Waals surface area contributed by atoms with Crippen molar-refractivity contribution in [2.24, 2.45) is 0 Å². The Hall–Kier alpha value is -1.83. The monoisotopic (exact) mass is 283 g/mol. The predicted molar refractivity (Wildman–Crippen MR) is 71.2 cm³/mol. The summed E-state index contributed by atoms with van der Waals surface area (Å²) in [5.74, 6) is 0.642. The second-order valence-corrected chi connectivity index (χ2v) is 5.65. The Balaban J connectivity index is 2.18. The molecular formula is C11H14FN5OS.